The van der Waals surface area contributed by atoms with Gasteiger partial charge in [0, 0.05) is 43.9 Å². The number of amides is 1. The topological polar surface area (TPSA) is 70.6 Å². The fourth-order valence-electron chi connectivity index (χ4n) is 4.60. The number of carbonyl (C=O) groups excluding carboxylic acids is 1. The Hall–Kier alpha value is -1.73. The molecule has 4 aliphatic rings. The van der Waals surface area contributed by atoms with Crippen molar-refractivity contribution < 1.29 is 9.53 Å². The van der Waals surface area contributed by atoms with Crippen molar-refractivity contribution in [3.05, 3.63) is 18.1 Å². The van der Waals surface area contributed by atoms with Crippen LogP contribution < -0.4 is 5.32 Å². The molecule has 1 amide bonds. The Bertz CT molecular complexity index is 713. The number of aromatic nitrogens is 2. The standard InChI is InChI=1S/C22H33N5O2/c28-22-14-29-19(10-23-21-9-20(18-3-4-18)24-15-25-21)13-27(22)12-17-5-7-26(8-6-17)11-16-1-2-16/h9,15-19H,1-8,10-14H2,(H,23,24,25)/t19-/m1/s1. The van der Waals surface area contributed by atoms with E-state index in [1.165, 1.54) is 58.2 Å². The van der Waals surface area contributed by atoms with Crippen molar-refractivity contribution in [1.29, 1.82) is 0 Å². The first-order chi connectivity index (χ1) is 14.2. The minimum atomic E-state index is 0.0157. The highest BCUT2D eigenvalue weighted by atomic mass is 16.5. The van der Waals surface area contributed by atoms with E-state index in [-0.39, 0.29) is 18.6 Å². The summed E-state index contributed by atoms with van der Waals surface area (Å²) >= 11 is 0. The van der Waals surface area contributed by atoms with Crippen LogP contribution in [0.15, 0.2) is 12.4 Å². The van der Waals surface area contributed by atoms with Crippen LogP contribution in [-0.4, -0.2) is 77.7 Å². The number of nitrogens with zero attached hydrogens (tertiary/aromatic N) is 4. The van der Waals surface area contributed by atoms with Gasteiger partial charge in [0.2, 0.25) is 5.91 Å². The molecule has 2 aliphatic carbocycles. The molecule has 0 spiro atoms. The lowest BCUT2D eigenvalue weighted by molar-refractivity contribution is -0.149. The van der Waals surface area contributed by atoms with Crippen LogP contribution in [-0.2, 0) is 9.53 Å². The predicted molar refractivity (Wildman–Crippen MR) is 111 cm³/mol. The third-order valence-electron chi connectivity index (χ3n) is 6.81. The van der Waals surface area contributed by atoms with Gasteiger partial charge < -0.3 is 19.9 Å². The number of piperidine rings is 1. The molecule has 7 nitrogen and oxygen atoms in total. The molecule has 0 aromatic carbocycles. The molecule has 3 heterocycles. The van der Waals surface area contributed by atoms with E-state index in [1.54, 1.807) is 6.33 Å². The van der Waals surface area contributed by atoms with Crippen molar-refractivity contribution in [3.8, 4) is 0 Å². The molecule has 5 rings (SSSR count). The molecule has 29 heavy (non-hydrogen) atoms. The Morgan fingerprint density at radius 1 is 1.03 bits per heavy atom. The van der Waals surface area contributed by atoms with Gasteiger partial charge >= 0.3 is 0 Å². The Morgan fingerprint density at radius 2 is 1.83 bits per heavy atom. The van der Waals surface area contributed by atoms with Crippen molar-refractivity contribution >= 4 is 11.7 Å². The first-order valence-corrected chi connectivity index (χ1v) is 11.4. The van der Waals surface area contributed by atoms with Gasteiger partial charge in [-0.15, -0.1) is 0 Å². The van der Waals surface area contributed by atoms with E-state index in [4.69, 9.17) is 4.74 Å². The lowest BCUT2D eigenvalue weighted by atomic mass is 9.95. The minimum absolute atomic E-state index is 0.0157. The zero-order valence-electron chi connectivity index (χ0n) is 17.3. The van der Waals surface area contributed by atoms with Gasteiger partial charge in [-0.25, -0.2) is 9.97 Å². The lowest BCUT2D eigenvalue weighted by Gasteiger charge is -2.38. The maximum absolute atomic E-state index is 12.4. The molecular formula is C22H33N5O2. The summed E-state index contributed by atoms with van der Waals surface area (Å²) in [5.41, 5.74) is 1.14. The number of anilines is 1. The van der Waals surface area contributed by atoms with Gasteiger partial charge in [-0.2, -0.15) is 0 Å². The van der Waals surface area contributed by atoms with Gasteiger partial charge in [-0.3, -0.25) is 4.79 Å². The Balaban J connectivity index is 1.08. The van der Waals surface area contributed by atoms with Crippen LogP contribution in [0.3, 0.4) is 0 Å². The Labute approximate surface area is 173 Å². The van der Waals surface area contributed by atoms with Crippen LogP contribution in [0.4, 0.5) is 5.82 Å². The van der Waals surface area contributed by atoms with Crippen LogP contribution in [0.5, 0.6) is 0 Å². The van der Waals surface area contributed by atoms with Crippen molar-refractivity contribution in [1.82, 2.24) is 19.8 Å². The van der Waals surface area contributed by atoms with Gasteiger partial charge in [0.05, 0.1) is 6.10 Å². The van der Waals surface area contributed by atoms with E-state index in [0.717, 1.165) is 24.0 Å². The van der Waals surface area contributed by atoms with E-state index in [2.05, 4.69) is 26.3 Å². The number of nitrogens with one attached hydrogen (secondary N) is 1. The summed E-state index contributed by atoms with van der Waals surface area (Å²) in [5.74, 6) is 3.21. The summed E-state index contributed by atoms with van der Waals surface area (Å²) in [7, 11) is 0. The van der Waals surface area contributed by atoms with Gasteiger partial charge in [0.15, 0.2) is 0 Å². The summed E-state index contributed by atoms with van der Waals surface area (Å²) in [4.78, 5) is 25.7. The molecule has 7 heteroatoms. The van der Waals surface area contributed by atoms with E-state index in [0.29, 0.717) is 24.9 Å². The lowest BCUT2D eigenvalue weighted by Crippen LogP contribution is -2.51. The molecular weight excluding hydrogens is 366 g/mol. The van der Waals surface area contributed by atoms with E-state index < -0.39 is 0 Å². The maximum Gasteiger partial charge on any atom is 0.248 e. The molecule has 158 valence electrons. The molecule has 1 aromatic rings. The second-order valence-corrected chi connectivity index (χ2v) is 9.40. The number of hydrogen-bond donors (Lipinski definition) is 1. The quantitative estimate of drug-likeness (QED) is 0.722. The molecule has 2 saturated carbocycles. The van der Waals surface area contributed by atoms with Gasteiger partial charge in [0.1, 0.15) is 18.8 Å². The molecule has 0 radical (unpaired) electrons. The molecule has 1 atom stereocenters. The number of rotatable bonds is 8. The van der Waals surface area contributed by atoms with Crippen LogP contribution in [0, 0.1) is 11.8 Å². The summed E-state index contributed by atoms with van der Waals surface area (Å²) < 4.78 is 5.78. The number of morpholine rings is 1. The monoisotopic (exact) mass is 399 g/mol. The van der Waals surface area contributed by atoms with Crippen molar-refractivity contribution in [3.63, 3.8) is 0 Å². The smallest absolute Gasteiger partial charge is 0.248 e. The third kappa shape index (κ3) is 5.25. The molecule has 4 fully saturated rings. The van der Waals surface area contributed by atoms with Crippen molar-refractivity contribution in [2.75, 3.05) is 51.2 Å². The summed E-state index contributed by atoms with van der Waals surface area (Å²) in [6, 6.07) is 2.05. The van der Waals surface area contributed by atoms with Gasteiger partial charge in [-0.1, -0.05) is 0 Å². The highest BCUT2D eigenvalue weighted by Gasteiger charge is 2.31. The summed E-state index contributed by atoms with van der Waals surface area (Å²) in [6.45, 7) is 6.12. The number of carbonyl (C=O) groups is 1. The average molecular weight is 400 g/mol. The van der Waals surface area contributed by atoms with Crippen LogP contribution in [0.2, 0.25) is 0 Å². The average Bonchev–Trinajstić information content (AvgIpc) is 3.65. The fourth-order valence-corrected chi connectivity index (χ4v) is 4.60. The summed E-state index contributed by atoms with van der Waals surface area (Å²) in [6.07, 6.45) is 9.40. The highest BCUT2D eigenvalue weighted by Crippen LogP contribution is 2.39. The first-order valence-electron chi connectivity index (χ1n) is 11.4. The second-order valence-electron chi connectivity index (χ2n) is 9.40. The number of likely N-dealkylation sites (tertiary alicyclic amines) is 1. The van der Waals surface area contributed by atoms with Crippen molar-refractivity contribution in [2.45, 2.75) is 50.5 Å². The van der Waals surface area contributed by atoms with E-state index >= 15 is 0 Å². The Morgan fingerprint density at radius 3 is 2.59 bits per heavy atom. The van der Waals surface area contributed by atoms with Gasteiger partial charge in [0.25, 0.3) is 0 Å². The zero-order valence-corrected chi connectivity index (χ0v) is 17.3. The maximum atomic E-state index is 12.4. The normalized spacial score (nSPS) is 26.7. The second kappa shape index (κ2) is 8.56. The summed E-state index contributed by atoms with van der Waals surface area (Å²) in [5, 5.41) is 3.39. The van der Waals surface area contributed by atoms with E-state index in [9.17, 15) is 4.79 Å². The highest BCUT2D eigenvalue weighted by molar-refractivity contribution is 5.78. The predicted octanol–water partition coefficient (Wildman–Crippen LogP) is 2.12. The Kier molecular flexibility index (Phi) is 5.68. The molecule has 2 saturated heterocycles. The fraction of sp³-hybridized carbons (Fsp3) is 0.773. The van der Waals surface area contributed by atoms with Gasteiger partial charge in [-0.05, 0) is 63.5 Å². The molecule has 0 unspecified atom stereocenters. The molecule has 1 aromatic heterocycles. The third-order valence-corrected chi connectivity index (χ3v) is 6.81. The van der Waals surface area contributed by atoms with Crippen LogP contribution >= 0.6 is 0 Å². The molecule has 2 aliphatic heterocycles. The molecule has 1 N–H and O–H groups in total. The number of hydrogen-bond acceptors (Lipinski definition) is 6. The largest absolute Gasteiger partial charge is 0.367 e. The van der Waals surface area contributed by atoms with Crippen LogP contribution in [0.25, 0.3) is 0 Å². The zero-order chi connectivity index (χ0) is 19.6. The number of ether oxygens (including phenoxy) is 1. The minimum Gasteiger partial charge on any atom is -0.367 e. The SMILES string of the molecule is O=C1CO[C@H](CNc2cc(C3CC3)ncn2)CN1CC1CCN(CC2CC2)CC1. The molecule has 0 bridgehead atoms. The van der Waals surface area contributed by atoms with Crippen LogP contribution in [0.1, 0.15) is 50.1 Å². The van der Waals surface area contributed by atoms with Crippen molar-refractivity contribution in [2.24, 2.45) is 11.8 Å². The van der Waals surface area contributed by atoms with E-state index in [1.807, 2.05) is 4.90 Å². The first kappa shape index (κ1) is 19.2.